The first-order valence-electron chi connectivity index (χ1n) is 6.66. The molecule has 106 valence electrons. The molecule has 0 saturated heterocycles. The third kappa shape index (κ3) is 2.38. The van der Waals surface area contributed by atoms with Gasteiger partial charge in [-0.05, 0) is 49.2 Å². The Labute approximate surface area is 121 Å². The quantitative estimate of drug-likeness (QED) is 0.801. The number of rotatable bonds is 3. The lowest BCUT2D eigenvalue weighted by molar-refractivity contribution is 0.0697. The second-order valence-corrected chi connectivity index (χ2v) is 5.06. The first-order chi connectivity index (χ1) is 10.1. The van der Waals surface area contributed by atoms with Crippen molar-refractivity contribution >= 4 is 17.0 Å². The number of nitrogens with zero attached hydrogens (tertiary/aromatic N) is 3. The maximum absolute atomic E-state index is 11.1. The Balaban J connectivity index is 2.13. The van der Waals surface area contributed by atoms with Gasteiger partial charge in [-0.3, -0.25) is 4.98 Å². The minimum Gasteiger partial charge on any atom is -0.478 e. The predicted octanol–water partition coefficient (Wildman–Crippen LogP) is 2.79. The summed E-state index contributed by atoms with van der Waals surface area (Å²) in [6.07, 6.45) is 3.59. The van der Waals surface area contributed by atoms with Crippen LogP contribution in [0.3, 0.4) is 0 Å². The van der Waals surface area contributed by atoms with Crippen molar-refractivity contribution in [1.29, 1.82) is 0 Å². The van der Waals surface area contributed by atoms with Crippen LogP contribution in [-0.2, 0) is 6.54 Å². The van der Waals surface area contributed by atoms with Crippen molar-refractivity contribution in [2.75, 3.05) is 0 Å². The molecule has 0 fully saturated rings. The monoisotopic (exact) mass is 281 g/mol. The number of carboxylic acids is 1. The van der Waals surface area contributed by atoms with Gasteiger partial charge in [0.2, 0.25) is 0 Å². The van der Waals surface area contributed by atoms with E-state index in [2.05, 4.69) is 9.97 Å². The number of carbonyl (C=O) groups is 1. The summed E-state index contributed by atoms with van der Waals surface area (Å²) < 4.78 is 2.03. The van der Waals surface area contributed by atoms with E-state index in [0.29, 0.717) is 6.54 Å². The topological polar surface area (TPSA) is 68.0 Å². The van der Waals surface area contributed by atoms with E-state index in [1.165, 1.54) is 0 Å². The van der Waals surface area contributed by atoms with Crippen molar-refractivity contribution < 1.29 is 9.90 Å². The van der Waals surface area contributed by atoms with E-state index in [9.17, 15) is 4.79 Å². The number of aryl methyl sites for hydroxylation is 2. The molecule has 0 saturated carbocycles. The standard InChI is InChI=1S/C16H15N3O2/c1-10-8-17-6-5-13(10)9-19-11(2)18-14-4-3-12(16(20)21)7-15(14)19/h3-8H,9H2,1-2H3,(H,20,21). The Morgan fingerprint density at radius 2 is 2.10 bits per heavy atom. The Hall–Kier alpha value is -2.69. The van der Waals surface area contributed by atoms with Crippen molar-refractivity contribution in [3.05, 3.63) is 59.2 Å². The summed E-state index contributed by atoms with van der Waals surface area (Å²) in [7, 11) is 0. The second-order valence-electron chi connectivity index (χ2n) is 5.06. The fraction of sp³-hybridized carbons (Fsp3) is 0.188. The van der Waals surface area contributed by atoms with Crippen LogP contribution in [0.4, 0.5) is 0 Å². The summed E-state index contributed by atoms with van der Waals surface area (Å²) in [4.78, 5) is 19.7. The number of pyridine rings is 1. The smallest absolute Gasteiger partial charge is 0.335 e. The zero-order valence-electron chi connectivity index (χ0n) is 11.9. The molecule has 0 aliphatic carbocycles. The average Bonchev–Trinajstić information content (AvgIpc) is 2.76. The normalized spacial score (nSPS) is 11.0. The summed E-state index contributed by atoms with van der Waals surface area (Å²) in [6, 6.07) is 6.98. The van der Waals surface area contributed by atoms with Crippen LogP contribution in [0.1, 0.15) is 27.3 Å². The van der Waals surface area contributed by atoms with Gasteiger partial charge in [-0.2, -0.15) is 0 Å². The fourth-order valence-electron chi connectivity index (χ4n) is 2.43. The first-order valence-corrected chi connectivity index (χ1v) is 6.66. The number of carboxylic acid groups (broad SMARTS) is 1. The molecule has 2 aromatic heterocycles. The predicted molar refractivity (Wildman–Crippen MR) is 79.5 cm³/mol. The molecule has 0 unspecified atom stereocenters. The second kappa shape index (κ2) is 5.01. The Kier molecular flexibility index (Phi) is 3.17. The van der Waals surface area contributed by atoms with Crippen molar-refractivity contribution in [2.45, 2.75) is 20.4 Å². The third-order valence-electron chi connectivity index (χ3n) is 3.65. The molecule has 5 nitrogen and oxygen atoms in total. The molecule has 0 aliphatic rings. The van der Waals surface area contributed by atoms with Gasteiger partial charge in [0.1, 0.15) is 5.82 Å². The molecule has 1 N–H and O–H groups in total. The Morgan fingerprint density at radius 3 is 2.81 bits per heavy atom. The van der Waals surface area contributed by atoms with E-state index < -0.39 is 5.97 Å². The van der Waals surface area contributed by atoms with E-state index in [1.807, 2.05) is 30.7 Å². The van der Waals surface area contributed by atoms with Crippen LogP contribution in [0.25, 0.3) is 11.0 Å². The van der Waals surface area contributed by atoms with Crippen LogP contribution in [0.5, 0.6) is 0 Å². The number of aromatic carboxylic acids is 1. The lowest BCUT2D eigenvalue weighted by Crippen LogP contribution is -2.04. The number of benzene rings is 1. The number of hydrogen-bond acceptors (Lipinski definition) is 3. The molecule has 0 atom stereocenters. The van der Waals surface area contributed by atoms with E-state index in [1.54, 1.807) is 24.4 Å². The van der Waals surface area contributed by atoms with Crippen molar-refractivity contribution in [2.24, 2.45) is 0 Å². The maximum atomic E-state index is 11.1. The van der Waals surface area contributed by atoms with Gasteiger partial charge in [-0.1, -0.05) is 0 Å². The molecular weight excluding hydrogens is 266 g/mol. The molecule has 3 rings (SSSR count). The fourth-order valence-corrected chi connectivity index (χ4v) is 2.43. The van der Waals surface area contributed by atoms with E-state index >= 15 is 0 Å². The summed E-state index contributed by atoms with van der Waals surface area (Å²) in [6.45, 7) is 4.59. The number of fused-ring (bicyclic) bond motifs is 1. The molecular formula is C16H15N3O2. The molecule has 0 amide bonds. The van der Waals surface area contributed by atoms with Gasteiger partial charge in [-0.25, -0.2) is 9.78 Å². The molecule has 21 heavy (non-hydrogen) atoms. The lowest BCUT2D eigenvalue weighted by atomic mass is 10.1. The van der Waals surface area contributed by atoms with Crippen LogP contribution >= 0.6 is 0 Å². The van der Waals surface area contributed by atoms with Gasteiger partial charge >= 0.3 is 5.97 Å². The van der Waals surface area contributed by atoms with Gasteiger partial charge < -0.3 is 9.67 Å². The van der Waals surface area contributed by atoms with Gasteiger partial charge in [0.25, 0.3) is 0 Å². The highest BCUT2D eigenvalue weighted by molar-refractivity contribution is 5.92. The van der Waals surface area contributed by atoms with Crippen LogP contribution in [0.2, 0.25) is 0 Å². The van der Waals surface area contributed by atoms with Crippen LogP contribution in [0.15, 0.2) is 36.7 Å². The van der Waals surface area contributed by atoms with Crippen LogP contribution in [0, 0.1) is 13.8 Å². The van der Waals surface area contributed by atoms with E-state index in [0.717, 1.165) is 28.0 Å². The molecule has 5 heteroatoms. The highest BCUT2D eigenvalue weighted by Crippen LogP contribution is 2.20. The van der Waals surface area contributed by atoms with E-state index in [4.69, 9.17) is 5.11 Å². The van der Waals surface area contributed by atoms with E-state index in [-0.39, 0.29) is 5.56 Å². The number of hydrogen-bond donors (Lipinski definition) is 1. The Morgan fingerprint density at radius 1 is 1.29 bits per heavy atom. The van der Waals surface area contributed by atoms with Crippen LogP contribution < -0.4 is 0 Å². The molecule has 0 spiro atoms. The van der Waals surface area contributed by atoms with Gasteiger partial charge in [-0.15, -0.1) is 0 Å². The van der Waals surface area contributed by atoms with Gasteiger partial charge in [0.15, 0.2) is 0 Å². The number of imidazole rings is 1. The molecule has 1 aromatic carbocycles. The lowest BCUT2D eigenvalue weighted by Gasteiger charge is -2.09. The molecule has 0 aliphatic heterocycles. The third-order valence-corrected chi connectivity index (χ3v) is 3.65. The van der Waals surface area contributed by atoms with Crippen molar-refractivity contribution in [3.8, 4) is 0 Å². The SMILES string of the molecule is Cc1cnccc1Cn1c(C)nc2ccc(C(=O)O)cc21. The minimum atomic E-state index is -0.928. The zero-order valence-corrected chi connectivity index (χ0v) is 11.9. The van der Waals surface area contributed by atoms with Crippen molar-refractivity contribution in [1.82, 2.24) is 14.5 Å². The molecule has 2 heterocycles. The zero-order chi connectivity index (χ0) is 15.0. The first kappa shape index (κ1) is 13.3. The van der Waals surface area contributed by atoms with Crippen LogP contribution in [-0.4, -0.2) is 25.6 Å². The molecule has 0 radical (unpaired) electrons. The Bertz CT molecular complexity index is 837. The summed E-state index contributed by atoms with van der Waals surface area (Å²) in [5.41, 5.74) is 4.17. The number of aromatic nitrogens is 3. The highest BCUT2D eigenvalue weighted by Gasteiger charge is 2.12. The van der Waals surface area contributed by atoms with Gasteiger partial charge in [0, 0.05) is 18.9 Å². The minimum absolute atomic E-state index is 0.273. The average molecular weight is 281 g/mol. The van der Waals surface area contributed by atoms with Gasteiger partial charge in [0.05, 0.1) is 16.6 Å². The largest absolute Gasteiger partial charge is 0.478 e. The summed E-state index contributed by atoms with van der Waals surface area (Å²) >= 11 is 0. The van der Waals surface area contributed by atoms with Crippen molar-refractivity contribution in [3.63, 3.8) is 0 Å². The molecule has 0 bridgehead atoms. The molecule has 3 aromatic rings. The maximum Gasteiger partial charge on any atom is 0.335 e. The summed E-state index contributed by atoms with van der Waals surface area (Å²) in [5, 5.41) is 9.14. The highest BCUT2D eigenvalue weighted by atomic mass is 16.4. The summed E-state index contributed by atoms with van der Waals surface area (Å²) in [5.74, 6) is -0.0638.